The number of carbonyl (C=O) groups is 1. The van der Waals surface area contributed by atoms with Crippen LogP contribution in [-0.4, -0.2) is 89.9 Å². The second-order valence-corrected chi connectivity index (χ2v) is 7.03. The first-order valence-electron chi connectivity index (χ1n) is 8.15. The van der Waals surface area contributed by atoms with E-state index >= 15 is 0 Å². The van der Waals surface area contributed by atoms with Crippen LogP contribution in [0.15, 0.2) is 0 Å². The normalized spacial score (nSPS) is 16.2. The summed E-state index contributed by atoms with van der Waals surface area (Å²) in [6.45, 7) is 0. The van der Waals surface area contributed by atoms with Gasteiger partial charge in [0.05, 0.1) is 0 Å². The van der Waals surface area contributed by atoms with Crippen LogP contribution >= 0.6 is 0 Å². The van der Waals surface area contributed by atoms with Gasteiger partial charge >= 0.3 is 66.0 Å². The van der Waals surface area contributed by atoms with Crippen LogP contribution in [0, 0.1) is 0 Å². The molecule has 0 aliphatic rings. The van der Waals surface area contributed by atoms with Crippen molar-refractivity contribution in [1.82, 2.24) is 9.80 Å². The molecule has 0 atom stereocenters. The average Bonchev–Trinajstić information content (AvgIpc) is 2.64. The van der Waals surface area contributed by atoms with Crippen LogP contribution in [0.1, 0.15) is 0 Å². The fraction of sp³-hybridized carbons (Fsp3) is 0.923. The van der Waals surface area contributed by atoms with Gasteiger partial charge in [0.25, 0.3) is 0 Å². The molecule has 228 valence electrons. The number of amides is 1. The largest absolute Gasteiger partial charge is 0.471 e. The van der Waals surface area contributed by atoms with Gasteiger partial charge in [0.15, 0.2) is 0 Å². The molecular formula is C13H6F22N2O. The summed E-state index contributed by atoms with van der Waals surface area (Å²) in [7, 11) is -0.749. The number of halogens is 22. The molecule has 3 nitrogen and oxygen atoms in total. The molecule has 0 saturated carbocycles. The van der Waals surface area contributed by atoms with Crippen LogP contribution in [0.2, 0.25) is 0 Å². The van der Waals surface area contributed by atoms with E-state index in [0.717, 1.165) is 0 Å². The molecule has 25 heteroatoms. The molecular weight excluding hydrogens is 618 g/mol. The molecule has 0 N–H and O–H groups in total. The topological polar surface area (TPSA) is 23.6 Å². The minimum atomic E-state index is -9.20. The number of alkyl halides is 22. The molecule has 0 radical (unpaired) electrons. The Morgan fingerprint density at radius 3 is 0.974 bits per heavy atom. The Kier molecular flexibility index (Phi) is 8.46. The van der Waals surface area contributed by atoms with Gasteiger partial charge in [-0.3, -0.25) is 4.79 Å². The Labute approximate surface area is 192 Å². The Bertz CT molecular complexity index is 883. The van der Waals surface area contributed by atoms with E-state index in [9.17, 15) is 101 Å². The van der Waals surface area contributed by atoms with Crippen molar-refractivity contribution in [2.75, 3.05) is 14.1 Å². The van der Waals surface area contributed by atoms with Crippen molar-refractivity contribution in [3.8, 4) is 0 Å². The van der Waals surface area contributed by atoms with Gasteiger partial charge in [-0.1, -0.05) is 0 Å². The summed E-state index contributed by atoms with van der Waals surface area (Å²) in [4.78, 5) is 4.68. The van der Waals surface area contributed by atoms with Crippen molar-refractivity contribution >= 4 is 5.91 Å². The van der Waals surface area contributed by atoms with Gasteiger partial charge in [-0.15, -0.1) is 0 Å². The van der Waals surface area contributed by atoms with E-state index in [0.29, 0.717) is 0 Å². The summed E-state index contributed by atoms with van der Waals surface area (Å²) in [5.74, 6) is -49.4. The van der Waals surface area contributed by atoms with Gasteiger partial charge in [0, 0.05) is 0 Å². The van der Waals surface area contributed by atoms with E-state index in [-0.39, 0.29) is 14.1 Å². The minimum Gasteiger partial charge on any atom is -0.264 e. The van der Waals surface area contributed by atoms with E-state index in [1.54, 1.807) is 0 Å². The quantitative estimate of drug-likeness (QED) is 0.218. The van der Waals surface area contributed by atoms with Gasteiger partial charge in [-0.2, -0.15) is 96.6 Å². The van der Waals surface area contributed by atoms with Crippen LogP contribution in [0.4, 0.5) is 96.6 Å². The second-order valence-electron chi connectivity index (χ2n) is 7.03. The molecule has 0 aromatic rings. The lowest BCUT2D eigenvalue weighted by atomic mass is 9.95. The third-order valence-corrected chi connectivity index (χ3v) is 4.24. The minimum absolute atomic E-state index is 0.374. The van der Waals surface area contributed by atoms with Crippen LogP contribution in [0.5, 0.6) is 0 Å². The first kappa shape index (κ1) is 35.9. The van der Waals surface area contributed by atoms with E-state index < -0.39 is 75.8 Å². The van der Waals surface area contributed by atoms with Crippen LogP contribution in [0.3, 0.4) is 0 Å². The van der Waals surface area contributed by atoms with Gasteiger partial charge in [0.2, 0.25) is 0 Å². The highest BCUT2D eigenvalue weighted by Gasteiger charge is 2.94. The first-order chi connectivity index (χ1) is 16.0. The first-order valence-corrected chi connectivity index (χ1v) is 8.15. The molecule has 0 unspecified atom stereocenters. The molecule has 0 aliphatic carbocycles. The maximum Gasteiger partial charge on any atom is 0.471 e. The number of hydrogen-bond acceptors (Lipinski definition) is 2. The predicted octanol–water partition coefficient (Wildman–Crippen LogP) is 6.46. The summed E-state index contributed by atoms with van der Waals surface area (Å²) in [5.41, 5.74) is 0. The summed E-state index contributed by atoms with van der Waals surface area (Å²) >= 11 is 0. The zero-order chi connectivity index (χ0) is 31.7. The number of hydrogen-bond donors (Lipinski definition) is 0. The Balaban J connectivity index is 7.64. The smallest absolute Gasteiger partial charge is 0.264 e. The zero-order valence-electron chi connectivity index (χ0n) is 17.1. The Morgan fingerprint density at radius 1 is 0.421 bits per heavy atom. The highest BCUT2D eigenvalue weighted by molar-refractivity contribution is 5.83. The molecule has 1 amide bonds. The van der Waals surface area contributed by atoms with Crippen molar-refractivity contribution in [3.05, 3.63) is 0 Å². The van der Waals surface area contributed by atoms with Crippen molar-refractivity contribution in [3.63, 3.8) is 0 Å². The van der Waals surface area contributed by atoms with Crippen LogP contribution < -0.4 is 0 Å². The maximum atomic E-state index is 14.0. The van der Waals surface area contributed by atoms with Gasteiger partial charge in [-0.05, 0) is 14.1 Å². The summed E-state index contributed by atoms with van der Waals surface area (Å²) in [5, 5.41) is 0. The molecule has 0 aromatic heterocycles. The maximum absolute atomic E-state index is 14.0. The molecule has 0 heterocycles. The number of carbonyl (C=O) groups excluding carboxylic acids is 1. The van der Waals surface area contributed by atoms with Crippen molar-refractivity contribution in [2.24, 2.45) is 0 Å². The Hall–Kier alpha value is -2.11. The molecule has 0 fully saturated rings. The average molecular weight is 624 g/mol. The molecule has 0 rings (SSSR count). The van der Waals surface area contributed by atoms with E-state index in [1.807, 2.05) is 0 Å². The highest BCUT2D eigenvalue weighted by atomic mass is 19.4. The lowest BCUT2D eigenvalue weighted by molar-refractivity contribution is -0.471. The molecule has 38 heavy (non-hydrogen) atoms. The fourth-order valence-corrected chi connectivity index (χ4v) is 2.06. The molecule has 0 bridgehead atoms. The molecule has 0 spiro atoms. The van der Waals surface area contributed by atoms with Crippen LogP contribution in [0.25, 0.3) is 0 Å². The van der Waals surface area contributed by atoms with Crippen molar-refractivity contribution in [2.45, 2.75) is 60.1 Å². The molecule has 0 saturated heterocycles. The van der Waals surface area contributed by atoms with Crippen molar-refractivity contribution < 1.29 is 101 Å². The summed E-state index contributed by atoms with van der Waals surface area (Å²) < 4.78 is 291. The molecule has 0 aromatic carbocycles. The monoisotopic (exact) mass is 624 g/mol. The van der Waals surface area contributed by atoms with E-state index in [4.69, 9.17) is 0 Å². The Morgan fingerprint density at radius 2 is 0.711 bits per heavy atom. The summed E-state index contributed by atoms with van der Waals surface area (Å²) in [6.07, 6.45) is -15.7. The van der Waals surface area contributed by atoms with Gasteiger partial charge in [0.1, 0.15) is 0 Å². The van der Waals surface area contributed by atoms with Crippen molar-refractivity contribution in [1.29, 1.82) is 0 Å². The van der Waals surface area contributed by atoms with Crippen LogP contribution in [-0.2, 0) is 4.79 Å². The number of rotatable bonds is 9. The fourth-order valence-electron chi connectivity index (χ4n) is 2.06. The lowest BCUT2D eigenvalue weighted by Crippen LogP contribution is -2.78. The van der Waals surface area contributed by atoms with Gasteiger partial charge in [-0.25, -0.2) is 9.80 Å². The molecule has 0 aliphatic heterocycles. The lowest BCUT2D eigenvalue weighted by Gasteiger charge is -2.47. The van der Waals surface area contributed by atoms with E-state index in [1.165, 1.54) is 0 Å². The van der Waals surface area contributed by atoms with Gasteiger partial charge < -0.3 is 0 Å². The number of nitrogens with zero attached hydrogens (tertiary/aromatic N) is 2. The van der Waals surface area contributed by atoms with E-state index in [2.05, 4.69) is 0 Å². The standard InChI is InChI=1S/C13H6F22N2O/c1-36(2)11(30,31)9(25,26)13(34,35)37(3(38)4(14,15)16)12(32,33)8(23,24)6(19,20)5(17,18)7(21,22)10(27,28)29/h1-2H3. The zero-order valence-corrected chi connectivity index (χ0v) is 17.1. The predicted molar refractivity (Wildman–Crippen MR) is 72.2 cm³/mol. The third kappa shape index (κ3) is 4.64. The third-order valence-electron chi connectivity index (χ3n) is 4.24. The highest BCUT2D eigenvalue weighted by Crippen LogP contribution is 2.62. The SMILES string of the molecule is CN(C)C(F)(F)C(F)(F)C(F)(F)N(C(=O)C(F)(F)F)C(F)(F)C(F)(F)C(F)(F)C(F)(F)C(F)(F)C(F)(F)F. The second kappa shape index (κ2) is 8.96. The summed E-state index contributed by atoms with van der Waals surface area (Å²) in [6, 6.07) is -24.3.